The van der Waals surface area contributed by atoms with Gasteiger partial charge in [-0.15, -0.1) is 0 Å². The van der Waals surface area contributed by atoms with Gasteiger partial charge in [0.1, 0.15) is 12.4 Å². The second-order valence-corrected chi connectivity index (χ2v) is 4.39. The zero-order chi connectivity index (χ0) is 15.2. The molecule has 0 radical (unpaired) electrons. The summed E-state index contributed by atoms with van der Waals surface area (Å²) >= 11 is 0. The van der Waals surface area contributed by atoms with Crippen molar-refractivity contribution in [3.63, 3.8) is 0 Å². The molecular weight excluding hydrogens is 278 g/mol. The highest BCUT2D eigenvalue weighted by Crippen LogP contribution is 2.34. The van der Waals surface area contributed by atoms with Crippen molar-refractivity contribution in [1.82, 2.24) is 5.32 Å². The van der Waals surface area contributed by atoms with E-state index in [4.69, 9.17) is 9.47 Å². The fraction of sp³-hybridized carbons (Fsp3) is 0.462. The quantitative estimate of drug-likeness (QED) is 0.654. The molecule has 1 aliphatic heterocycles. The molecule has 0 saturated heterocycles. The number of ether oxygens (including phenoxy) is 2. The maximum atomic E-state index is 11.2. The van der Waals surface area contributed by atoms with Gasteiger partial charge in [-0.05, 0) is 13.0 Å². The number of hydrogen-bond acceptors (Lipinski definition) is 6. The largest absolute Gasteiger partial charge is 0.489 e. The van der Waals surface area contributed by atoms with E-state index in [1.807, 2.05) is 4.90 Å². The molecule has 0 unspecified atom stereocenters. The first-order valence-corrected chi connectivity index (χ1v) is 6.68. The van der Waals surface area contributed by atoms with E-state index in [2.05, 4.69) is 5.32 Å². The van der Waals surface area contributed by atoms with Gasteiger partial charge in [-0.3, -0.25) is 10.1 Å². The molecule has 114 valence electrons. The van der Waals surface area contributed by atoms with Crippen LogP contribution in [0.1, 0.15) is 6.92 Å². The molecule has 1 heterocycles. The Hall–Kier alpha value is -2.51. The minimum atomic E-state index is -0.453. The van der Waals surface area contributed by atoms with Crippen LogP contribution in [0.3, 0.4) is 0 Å². The molecule has 21 heavy (non-hydrogen) atoms. The smallest absolute Gasteiger partial charge is 0.407 e. The predicted molar refractivity (Wildman–Crippen MR) is 75.8 cm³/mol. The molecule has 1 N–H and O–H groups in total. The molecule has 1 aromatic carbocycles. The lowest BCUT2D eigenvalue weighted by Gasteiger charge is -2.31. The Kier molecular flexibility index (Phi) is 4.81. The lowest BCUT2D eigenvalue weighted by Crippen LogP contribution is -2.39. The van der Waals surface area contributed by atoms with Crippen LogP contribution in [0.5, 0.6) is 5.75 Å². The van der Waals surface area contributed by atoms with Crippen molar-refractivity contribution >= 4 is 17.5 Å². The summed E-state index contributed by atoms with van der Waals surface area (Å²) in [4.78, 5) is 23.5. The van der Waals surface area contributed by atoms with Crippen LogP contribution < -0.4 is 15.0 Å². The number of benzene rings is 1. The minimum absolute atomic E-state index is 0.000230. The second kappa shape index (κ2) is 6.78. The van der Waals surface area contributed by atoms with Crippen LogP contribution in [0.15, 0.2) is 18.2 Å². The molecule has 0 atom stereocenters. The van der Waals surface area contributed by atoms with E-state index in [-0.39, 0.29) is 5.69 Å². The molecule has 0 fully saturated rings. The third kappa shape index (κ3) is 3.74. The fourth-order valence-electron chi connectivity index (χ4n) is 2.09. The average Bonchev–Trinajstić information content (AvgIpc) is 2.47. The SMILES string of the molecule is CCOC(=O)NCCN1CCOc2cc([N+](=O)[O-])ccc21. The number of fused-ring (bicyclic) bond motifs is 1. The van der Waals surface area contributed by atoms with Gasteiger partial charge in [-0.25, -0.2) is 4.79 Å². The summed E-state index contributed by atoms with van der Waals surface area (Å²) in [5, 5.41) is 13.4. The number of non-ortho nitro benzene ring substituents is 1. The van der Waals surface area contributed by atoms with E-state index in [0.29, 0.717) is 38.6 Å². The lowest BCUT2D eigenvalue weighted by molar-refractivity contribution is -0.384. The van der Waals surface area contributed by atoms with Crippen LogP contribution in [-0.4, -0.2) is 43.9 Å². The van der Waals surface area contributed by atoms with Crippen LogP contribution in [0.25, 0.3) is 0 Å². The fourth-order valence-corrected chi connectivity index (χ4v) is 2.09. The number of amides is 1. The highest BCUT2D eigenvalue weighted by atomic mass is 16.6. The summed E-state index contributed by atoms with van der Waals surface area (Å²) in [6, 6.07) is 4.52. The van der Waals surface area contributed by atoms with E-state index in [9.17, 15) is 14.9 Å². The highest BCUT2D eigenvalue weighted by Gasteiger charge is 2.20. The predicted octanol–water partition coefficient (Wildman–Crippen LogP) is 1.54. The van der Waals surface area contributed by atoms with E-state index in [1.165, 1.54) is 12.1 Å². The van der Waals surface area contributed by atoms with Crippen LogP contribution in [0.4, 0.5) is 16.2 Å². The van der Waals surface area contributed by atoms with Crippen molar-refractivity contribution in [2.75, 3.05) is 37.7 Å². The van der Waals surface area contributed by atoms with Gasteiger partial charge >= 0.3 is 6.09 Å². The molecule has 0 bridgehead atoms. The van der Waals surface area contributed by atoms with Gasteiger partial charge in [0.25, 0.3) is 5.69 Å². The van der Waals surface area contributed by atoms with Crippen molar-refractivity contribution < 1.29 is 19.2 Å². The number of alkyl carbamates (subject to hydrolysis) is 1. The number of nitrogens with zero attached hydrogens (tertiary/aromatic N) is 2. The number of carbonyl (C=O) groups is 1. The molecule has 0 saturated carbocycles. The van der Waals surface area contributed by atoms with Gasteiger partial charge in [-0.1, -0.05) is 0 Å². The maximum Gasteiger partial charge on any atom is 0.407 e. The van der Waals surface area contributed by atoms with Crippen LogP contribution in [-0.2, 0) is 4.74 Å². The molecular formula is C13H17N3O5. The summed E-state index contributed by atoms with van der Waals surface area (Å²) in [5.74, 6) is 0.492. The molecule has 1 aliphatic rings. The molecule has 1 aromatic rings. The summed E-state index contributed by atoms with van der Waals surface area (Å²) in [5.41, 5.74) is 0.790. The van der Waals surface area contributed by atoms with E-state index in [0.717, 1.165) is 5.69 Å². The Labute approximate surface area is 121 Å². The standard InChI is InChI=1S/C13H17N3O5/c1-2-20-13(17)14-5-6-15-7-8-21-12-9-10(16(18)19)3-4-11(12)15/h3-4,9H,2,5-8H2,1H3,(H,14,17). The van der Waals surface area contributed by atoms with Gasteiger partial charge in [0.05, 0.1) is 29.8 Å². The Morgan fingerprint density at radius 2 is 2.38 bits per heavy atom. The van der Waals surface area contributed by atoms with Gasteiger partial charge in [0.2, 0.25) is 0 Å². The lowest BCUT2D eigenvalue weighted by atomic mass is 10.2. The van der Waals surface area contributed by atoms with E-state index in [1.54, 1.807) is 13.0 Å². The maximum absolute atomic E-state index is 11.2. The monoisotopic (exact) mass is 295 g/mol. The Morgan fingerprint density at radius 1 is 1.57 bits per heavy atom. The zero-order valence-electron chi connectivity index (χ0n) is 11.7. The first-order valence-electron chi connectivity index (χ1n) is 6.68. The molecule has 2 rings (SSSR count). The number of hydrogen-bond donors (Lipinski definition) is 1. The molecule has 8 nitrogen and oxygen atoms in total. The Balaban J connectivity index is 1.98. The van der Waals surface area contributed by atoms with Gasteiger partial charge in [0.15, 0.2) is 0 Å². The average molecular weight is 295 g/mol. The Morgan fingerprint density at radius 3 is 3.10 bits per heavy atom. The van der Waals surface area contributed by atoms with Gasteiger partial charge < -0.3 is 19.7 Å². The van der Waals surface area contributed by atoms with Crippen molar-refractivity contribution in [3.05, 3.63) is 28.3 Å². The summed E-state index contributed by atoms with van der Waals surface area (Å²) in [7, 11) is 0. The van der Waals surface area contributed by atoms with Crippen LogP contribution in [0.2, 0.25) is 0 Å². The molecule has 0 spiro atoms. The van der Waals surface area contributed by atoms with Crippen molar-refractivity contribution in [3.8, 4) is 5.75 Å². The number of nitrogens with one attached hydrogen (secondary N) is 1. The first kappa shape index (κ1) is 14.9. The highest BCUT2D eigenvalue weighted by molar-refractivity contribution is 5.67. The normalized spacial score (nSPS) is 13.1. The Bertz CT molecular complexity index is 535. The van der Waals surface area contributed by atoms with E-state index >= 15 is 0 Å². The number of nitro groups is 1. The summed E-state index contributed by atoms with van der Waals surface area (Å²) < 4.78 is 10.2. The number of nitro benzene ring substituents is 1. The molecule has 1 amide bonds. The summed E-state index contributed by atoms with van der Waals surface area (Å²) in [6.45, 7) is 4.19. The number of carbonyl (C=O) groups excluding carboxylic acids is 1. The van der Waals surface area contributed by atoms with E-state index < -0.39 is 11.0 Å². The third-order valence-electron chi connectivity index (χ3n) is 3.04. The molecule has 0 aliphatic carbocycles. The van der Waals surface area contributed by atoms with Crippen molar-refractivity contribution in [1.29, 1.82) is 0 Å². The number of anilines is 1. The molecule has 8 heteroatoms. The van der Waals surface area contributed by atoms with Gasteiger partial charge in [0, 0.05) is 19.2 Å². The minimum Gasteiger partial charge on any atom is -0.489 e. The second-order valence-electron chi connectivity index (χ2n) is 4.39. The van der Waals surface area contributed by atoms with Gasteiger partial charge in [-0.2, -0.15) is 0 Å². The topological polar surface area (TPSA) is 93.9 Å². The summed E-state index contributed by atoms with van der Waals surface area (Å²) in [6.07, 6.45) is -0.449. The zero-order valence-corrected chi connectivity index (χ0v) is 11.7. The third-order valence-corrected chi connectivity index (χ3v) is 3.04. The van der Waals surface area contributed by atoms with Crippen molar-refractivity contribution in [2.45, 2.75) is 6.92 Å². The molecule has 0 aromatic heterocycles. The van der Waals surface area contributed by atoms with Crippen LogP contribution >= 0.6 is 0 Å². The number of rotatable bonds is 5. The first-order chi connectivity index (χ1) is 10.1. The van der Waals surface area contributed by atoms with Crippen molar-refractivity contribution in [2.24, 2.45) is 0 Å². The van der Waals surface area contributed by atoms with Crippen LogP contribution in [0, 0.1) is 10.1 Å².